The van der Waals surface area contributed by atoms with Crippen molar-refractivity contribution in [3.8, 4) is 0 Å². The van der Waals surface area contributed by atoms with Gasteiger partial charge in [-0.3, -0.25) is 4.99 Å². The lowest BCUT2D eigenvalue weighted by atomic mass is 9.65. The molecule has 0 aromatic rings. The van der Waals surface area contributed by atoms with Gasteiger partial charge in [0.25, 0.3) is 0 Å². The molecule has 1 N–H and O–H groups in total. The molecule has 2 fully saturated rings. The summed E-state index contributed by atoms with van der Waals surface area (Å²) in [4.78, 5) is 6.90. The van der Waals surface area contributed by atoms with Gasteiger partial charge < -0.3 is 10.2 Å². The predicted molar refractivity (Wildman–Crippen MR) is 93.3 cm³/mol. The van der Waals surface area contributed by atoms with Gasteiger partial charge in [-0.1, -0.05) is 27.2 Å². The van der Waals surface area contributed by atoms with E-state index in [4.69, 9.17) is 0 Å². The van der Waals surface area contributed by atoms with Crippen LogP contribution < -0.4 is 5.32 Å². The molecular formula is C15H30IN3. The van der Waals surface area contributed by atoms with E-state index in [1.165, 1.54) is 19.3 Å². The maximum Gasteiger partial charge on any atom is 0.194 e. The molecule has 0 radical (unpaired) electrons. The normalized spacial score (nSPS) is 31.3. The number of nitrogens with zero attached hydrogens (tertiary/aromatic N) is 2. The predicted octanol–water partition coefficient (Wildman–Crippen LogP) is 3.49. The van der Waals surface area contributed by atoms with E-state index in [1.54, 1.807) is 0 Å². The molecule has 4 heteroatoms. The molecule has 0 spiro atoms. The molecule has 19 heavy (non-hydrogen) atoms. The van der Waals surface area contributed by atoms with Gasteiger partial charge in [0, 0.05) is 30.6 Å². The van der Waals surface area contributed by atoms with Crippen molar-refractivity contribution in [1.82, 2.24) is 10.2 Å². The summed E-state index contributed by atoms with van der Waals surface area (Å²) >= 11 is 0. The summed E-state index contributed by atoms with van der Waals surface area (Å²) in [6.45, 7) is 12.7. The van der Waals surface area contributed by atoms with Crippen molar-refractivity contribution in [3.05, 3.63) is 0 Å². The fourth-order valence-electron chi connectivity index (χ4n) is 2.94. The van der Waals surface area contributed by atoms with Gasteiger partial charge in [-0.15, -0.1) is 24.0 Å². The Bertz CT molecular complexity index is 349. The summed E-state index contributed by atoms with van der Waals surface area (Å²) in [5, 5.41) is 3.65. The van der Waals surface area contributed by atoms with Crippen molar-refractivity contribution in [2.75, 3.05) is 13.6 Å². The summed E-state index contributed by atoms with van der Waals surface area (Å²) in [5.74, 6) is 1.98. The van der Waals surface area contributed by atoms with Crippen molar-refractivity contribution in [1.29, 1.82) is 0 Å². The highest BCUT2D eigenvalue weighted by atomic mass is 127. The minimum atomic E-state index is 0. The number of likely N-dealkylation sites (tertiary alicyclic amines) is 1. The number of hydrogen-bond donors (Lipinski definition) is 1. The smallest absolute Gasteiger partial charge is 0.194 e. The molecule has 2 rings (SSSR count). The zero-order valence-electron chi connectivity index (χ0n) is 13.3. The van der Waals surface area contributed by atoms with Crippen molar-refractivity contribution >= 4 is 29.9 Å². The van der Waals surface area contributed by atoms with Crippen molar-refractivity contribution in [3.63, 3.8) is 0 Å². The highest BCUT2D eigenvalue weighted by Gasteiger charge is 2.54. The highest BCUT2D eigenvalue weighted by Crippen LogP contribution is 2.46. The van der Waals surface area contributed by atoms with Crippen LogP contribution in [0.25, 0.3) is 0 Å². The molecular weight excluding hydrogens is 349 g/mol. The van der Waals surface area contributed by atoms with E-state index < -0.39 is 0 Å². The summed E-state index contributed by atoms with van der Waals surface area (Å²) < 4.78 is 0. The molecule has 3 nitrogen and oxygen atoms in total. The van der Waals surface area contributed by atoms with Crippen LogP contribution in [0.15, 0.2) is 4.99 Å². The lowest BCUT2D eigenvalue weighted by Gasteiger charge is -2.62. The Labute approximate surface area is 135 Å². The van der Waals surface area contributed by atoms with Crippen LogP contribution in [0.4, 0.5) is 0 Å². The molecule has 0 amide bonds. The van der Waals surface area contributed by atoms with E-state index in [-0.39, 0.29) is 29.5 Å². The van der Waals surface area contributed by atoms with E-state index >= 15 is 0 Å². The van der Waals surface area contributed by atoms with Crippen LogP contribution in [-0.2, 0) is 0 Å². The van der Waals surface area contributed by atoms with Gasteiger partial charge in [-0.25, -0.2) is 0 Å². The molecule has 1 saturated carbocycles. The third-order valence-electron chi connectivity index (χ3n) is 5.25. The van der Waals surface area contributed by atoms with Crippen LogP contribution in [0.1, 0.15) is 53.9 Å². The SMILES string of the molecule is CCCC1CC1NC(=NC)N1CC(C)(C)C1(C)C.I. The Morgan fingerprint density at radius 2 is 1.95 bits per heavy atom. The average molecular weight is 379 g/mol. The van der Waals surface area contributed by atoms with Crippen LogP contribution in [0.2, 0.25) is 0 Å². The first-order chi connectivity index (χ1) is 8.33. The first-order valence-electron chi connectivity index (χ1n) is 7.34. The van der Waals surface area contributed by atoms with Gasteiger partial charge in [0.2, 0.25) is 0 Å². The van der Waals surface area contributed by atoms with Gasteiger partial charge in [0.15, 0.2) is 5.96 Å². The number of nitrogens with one attached hydrogen (secondary N) is 1. The number of aliphatic imine (C=N–C) groups is 1. The largest absolute Gasteiger partial charge is 0.353 e. The highest BCUT2D eigenvalue weighted by molar-refractivity contribution is 14.0. The van der Waals surface area contributed by atoms with E-state index in [1.807, 2.05) is 7.05 Å². The number of halogens is 1. The van der Waals surface area contributed by atoms with E-state index in [2.05, 4.69) is 49.8 Å². The molecule has 1 aliphatic heterocycles. The Balaban J connectivity index is 0.00000180. The molecule has 0 aromatic heterocycles. The van der Waals surface area contributed by atoms with Gasteiger partial charge in [0.05, 0.1) is 0 Å². The second kappa shape index (κ2) is 5.78. The van der Waals surface area contributed by atoms with Crippen molar-refractivity contribution < 1.29 is 0 Å². The Morgan fingerprint density at radius 3 is 2.37 bits per heavy atom. The second-order valence-corrected chi connectivity index (χ2v) is 7.11. The molecule has 2 unspecified atom stereocenters. The third-order valence-corrected chi connectivity index (χ3v) is 5.25. The first-order valence-corrected chi connectivity index (χ1v) is 7.34. The fraction of sp³-hybridized carbons (Fsp3) is 0.933. The monoisotopic (exact) mass is 379 g/mol. The summed E-state index contributed by atoms with van der Waals surface area (Å²) in [5.41, 5.74) is 0.570. The number of hydrogen-bond acceptors (Lipinski definition) is 1. The lowest BCUT2D eigenvalue weighted by Crippen LogP contribution is -2.72. The Hall–Kier alpha value is 0. The average Bonchev–Trinajstić information content (AvgIpc) is 3.02. The molecule has 0 bridgehead atoms. The quantitative estimate of drug-likeness (QED) is 0.462. The standard InChI is InChI=1S/C15H29N3.HI/c1-7-8-11-9-12(11)17-13(16-6)18-10-14(2,3)15(18,4)5;/h11-12H,7-10H2,1-6H3,(H,16,17);1H. The fourth-order valence-corrected chi connectivity index (χ4v) is 2.94. The zero-order chi connectivity index (χ0) is 13.6. The molecule has 1 saturated heterocycles. The minimum Gasteiger partial charge on any atom is -0.353 e. The molecule has 112 valence electrons. The van der Waals surface area contributed by atoms with Gasteiger partial charge in [-0.05, 0) is 32.6 Å². The molecule has 1 heterocycles. The first kappa shape index (κ1) is 17.1. The Kier molecular flexibility index (Phi) is 5.19. The van der Waals surface area contributed by atoms with Crippen molar-refractivity contribution in [2.24, 2.45) is 16.3 Å². The lowest BCUT2D eigenvalue weighted by molar-refractivity contribution is -0.0668. The maximum atomic E-state index is 4.48. The maximum absolute atomic E-state index is 4.48. The Morgan fingerprint density at radius 1 is 1.32 bits per heavy atom. The summed E-state index contributed by atoms with van der Waals surface area (Å²) in [6, 6.07) is 0.670. The van der Waals surface area contributed by atoms with Gasteiger partial charge in [0.1, 0.15) is 0 Å². The van der Waals surface area contributed by atoms with Crippen molar-refractivity contribution in [2.45, 2.75) is 65.5 Å². The molecule has 2 atom stereocenters. The topological polar surface area (TPSA) is 27.6 Å². The van der Waals surface area contributed by atoms with Gasteiger partial charge in [-0.2, -0.15) is 0 Å². The van der Waals surface area contributed by atoms with Crippen LogP contribution in [0, 0.1) is 11.3 Å². The number of rotatable bonds is 3. The molecule has 2 aliphatic rings. The summed E-state index contributed by atoms with van der Waals surface area (Å²) in [7, 11) is 1.90. The van der Waals surface area contributed by atoms with Crippen LogP contribution in [-0.4, -0.2) is 36.0 Å². The minimum absolute atomic E-state index is 0. The third kappa shape index (κ3) is 3.03. The van der Waals surface area contributed by atoms with Crippen LogP contribution in [0.5, 0.6) is 0 Å². The summed E-state index contributed by atoms with van der Waals surface area (Å²) in [6.07, 6.45) is 3.97. The van der Waals surface area contributed by atoms with Crippen LogP contribution >= 0.6 is 24.0 Å². The van der Waals surface area contributed by atoms with Crippen LogP contribution in [0.3, 0.4) is 0 Å². The van der Waals surface area contributed by atoms with Gasteiger partial charge >= 0.3 is 0 Å². The van der Waals surface area contributed by atoms with E-state index in [0.717, 1.165) is 18.4 Å². The molecule has 0 aromatic carbocycles. The van der Waals surface area contributed by atoms with E-state index in [0.29, 0.717) is 11.5 Å². The number of guanidine groups is 1. The molecule has 1 aliphatic carbocycles. The second-order valence-electron chi connectivity index (χ2n) is 7.11. The zero-order valence-corrected chi connectivity index (χ0v) is 15.6. The van der Waals surface area contributed by atoms with E-state index in [9.17, 15) is 0 Å².